The van der Waals surface area contributed by atoms with Gasteiger partial charge in [-0.25, -0.2) is 4.98 Å². The zero-order chi connectivity index (χ0) is 12.2. The van der Waals surface area contributed by atoms with Gasteiger partial charge in [0, 0.05) is 19.5 Å². The van der Waals surface area contributed by atoms with E-state index < -0.39 is 11.9 Å². The Balaban J connectivity index is 2.60. The molecule has 0 radical (unpaired) electrons. The molecule has 0 aliphatic heterocycles. The molecule has 4 nitrogen and oxygen atoms in total. The standard InChI is InChI=1S/C8H11F3N4S/c1-12-7(13-2)14-3-6-15-5(4-16-6)8(9,10)11/h4H,3H2,1-2H3,(H2,12,13,14). The minimum absolute atomic E-state index is 0.217. The van der Waals surface area contributed by atoms with E-state index in [0.29, 0.717) is 11.0 Å². The molecule has 0 bridgehead atoms. The molecule has 1 aromatic rings. The van der Waals surface area contributed by atoms with Crippen LogP contribution in [0.2, 0.25) is 0 Å². The van der Waals surface area contributed by atoms with Gasteiger partial charge in [-0.2, -0.15) is 13.2 Å². The van der Waals surface area contributed by atoms with Crippen LogP contribution in [0.15, 0.2) is 10.4 Å². The van der Waals surface area contributed by atoms with Gasteiger partial charge in [-0.1, -0.05) is 0 Å². The monoisotopic (exact) mass is 252 g/mol. The summed E-state index contributed by atoms with van der Waals surface area (Å²) in [4.78, 5) is 7.30. The Labute approximate surface area is 94.6 Å². The van der Waals surface area contributed by atoms with Gasteiger partial charge in [0.15, 0.2) is 11.7 Å². The van der Waals surface area contributed by atoms with Gasteiger partial charge in [0.1, 0.15) is 5.01 Å². The number of hydrogen-bond donors (Lipinski definition) is 2. The molecular formula is C8H11F3N4S. The average molecular weight is 252 g/mol. The van der Waals surface area contributed by atoms with Gasteiger partial charge in [-0.05, 0) is 0 Å². The van der Waals surface area contributed by atoms with Crippen LogP contribution in [0.25, 0.3) is 0 Å². The lowest BCUT2D eigenvalue weighted by molar-refractivity contribution is -0.140. The van der Waals surface area contributed by atoms with Gasteiger partial charge >= 0.3 is 6.18 Å². The molecule has 16 heavy (non-hydrogen) atoms. The number of hydrogen-bond acceptors (Lipinski definition) is 3. The molecule has 2 N–H and O–H groups in total. The van der Waals surface area contributed by atoms with E-state index in [1.165, 1.54) is 0 Å². The van der Waals surface area contributed by atoms with Crippen molar-refractivity contribution >= 4 is 17.3 Å². The van der Waals surface area contributed by atoms with Crippen LogP contribution in [0.4, 0.5) is 13.2 Å². The maximum atomic E-state index is 12.2. The topological polar surface area (TPSA) is 49.3 Å². The maximum absolute atomic E-state index is 12.2. The third-order valence-electron chi connectivity index (χ3n) is 1.71. The van der Waals surface area contributed by atoms with Crippen molar-refractivity contribution in [2.75, 3.05) is 14.1 Å². The van der Waals surface area contributed by atoms with Crippen LogP contribution in [-0.2, 0) is 12.7 Å². The van der Waals surface area contributed by atoms with Crippen molar-refractivity contribution in [3.8, 4) is 0 Å². The van der Waals surface area contributed by atoms with Crippen molar-refractivity contribution in [2.24, 2.45) is 4.99 Å². The van der Waals surface area contributed by atoms with E-state index in [-0.39, 0.29) is 6.54 Å². The van der Waals surface area contributed by atoms with Crippen LogP contribution in [0.3, 0.4) is 0 Å². The van der Waals surface area contributed by atoms with E-state index in [1.54, 1.807) is 14.1 Å². The predicted octanol–water partition coefficient (Wildman–Crippen LogP) is 1.46. The summed E-state index contributed by atoms with van der Waals surface area (Å²) in [5.41, 5.74) is -0.853. The molecule has 0 fully saturated rings. The van der Waals surface area contributed by atoms with Gasteiger partial charge in [0.05, 0.1) is 6.54 Å². The molecule has 0 saturated carbocycles. The van der Waals surface area contributed by atoms with E-state index >= 15 is 0 Å². The maximum Gasteiger partial charge on any atom is 0.434 e. The number of aliphatic imine (C=N–C) groups is 1. The van der Waals surface area contributed by atoms with Gasteiger partial charge in [0.25, 0.3) is 0 Å². The first-order chi connectivity index (χ1) is 7.47. The van der Waals surface area contributed by atoms with Crippen LogP contribution in [0.5, 0.6) is 0 Å². The summed E-state index contributed by atoms with van der Waals surface area (Å²) in [7, 11) is 3.24. The minimum Gasteiger partial charge on any atom is -0.359 e. The van der Waals surface area contributed by atoms with Gasteiger partial charge < -0.3 is 10.6 Å². The molecule has 0 unspecified atom stereocenters. The number of aromatic nitrogens is 1. The lowest BCUT2D eigenvalue weighted by atomic mass is 10.5. The highest BCUT2D eigenvalue weighted by Crippen LogP contribution is 2.29. The first-order valence-corrected chi connectivity index (χ1v) is 5.25. The van der Waals surface area contributed by atoms with Crippen molar-refractivity contribution in [3.05, 3.63) is 16.1 Å². The smallest absolute Gasteiger partial charge is 0.359 e. The lowest BCUT2D eigenvalue weighted by Gasteiger charge is -2.05. The number of nitrogens with zero attached hydrogens (tertiary/aromatic N) is 2. The Morgan fingerprint density at radius 3 is 2.69 bits per heavy atom. The molecule has 90 valence electrons. The van der Waals surface area contributed by atoms with Crippen LogP contribution >= 0.6 is 11.3 Å². The van der Waals surface area contributed by atoms with Gasteiger partial charge in [-0.3, -0.25) is 4.99 Å². The third kappa shape index (κ3) is 3.37. The SMILES string of the molecule is CN=C(NC)NCc1nc(C(F)(F)F)cs1. The zero-order valence-electron chi connectivity index (χ0n) is 8.72. The number of nitrogens with one attached hydrogen (secondary N) is 2. The fourth-order valence-electron chi connectivity index (χ4n) is 0.961. The molecular weight excluding hydrogens is 241 g/mol. The summed E-state index contributed by atoms with van der Waals surface area (Å²) in [5, 5.41) is 6.94. The van der Waals surface area contributed by atoms with Crippen molar-refractivity contribution in [1.29, 1.82) is 0 Å². The molecule has 0 spiro atoms. The van der Waals surface area contributed by atoms with Crippen molar-refractivity contribution in [3.63, 3.8) is 0 Å². The summed E-state index contributed by atoms with van der Waals surface area (Å²) in [6.07, 6.45) is -4.38. The summed E-state index contributed by atoms with van der Waals surface area (Å²) < 4.78 is 36.7. The van der Waals surface area contributed by atoms with Crippen molar-refractivity contribution < 1.29 is 13.2 Å². The fraction of sp³-hybridized carbons (Fsp3) is 0.500. The number of guanidine groups is 1. The van der Waals surface area contributed by atoms with Crippen LogP contribution in [-0.4, -0.2) is 25.0 Å². The summed E-state index contributed by atoms with van der Waals surface area (Å²) in [6, 6.07) is 0. The molecule has 0 aromatic carbocycles. The Morgan fingerprint density at radius 2 is 2.25 bits per heavy atom. The average Bonchev–Trinajstić information content (AvgIpc) is 2.67. The van der Waals surface area contributed by atoms with E-state index in [2.05, 4.69) is 20.6 Å². The fourth-order valence-corrected chi connectivity index (χ4v) is 1.70. The second kappa shape index (κ2) is 5.15. The van der Waals surface area contributed by atoms with Crippen molar-refractivity contribution in [1.82, 2.24) is 15.6 Å². The van der Waals surface area contributed by atoms with Gasteiger partial charge in [-0.15, -0.1) is 11.3 Å². The highest BCUT2D eigenvalue weighted by Gasteiger charge is 2.33. The van der Waals surface area contributed by atoms with E-state index in [4.69, 9.17) is 0 Å². The van der Waals surface area contributed by atoms with E-state index in [0.717, 1.165) is 16.7 Å². The molecule has 8 heteroatoms. The normalized spacial score (nSPS) is 12.7. The summed E-state index contributed by atoms with van der Waals surface area (Å²) in [6.45, 7) is 0.217. The predicted molar refractivity (Wildman–Crippen MR) is 56.4 cm³/mol. The number of rotatable bonds is 2. The molecule has 0 aliphatic carbocycles. The number of thiazole rings is 1. The van der Waals surface area contributed by atoms with E-state index in [9.17, 15) is 13.2 Å². The highest BCUT2D eigenvalue weighted by molar-refractivity contribution is 7.09. The Morgan fingerprint density at radius 1 is 1.56 bits per heavy atom. The molecule has 1 rings (SSSR count). The largest absolute Gasteiger partial charge is 0.434 e. The summed E-state index contributed by atoms with van der Waals surface area (Å²) in [5.74, 6) is 0.503. The Bertz CT molecular complexity index is 372. The second-order valence-electron chi connectivity index (χ2n) is 2.80. The van der Waals surface area contributed by atoms with Crippen LogP contribution in [0, 0.1) is 0 Å². The van der Waals surface area contributed by atoms with Crippen molar-refractivity contribution in [2.45, 2.75) is 12.7 Å². The third-order valence-corrected chi connectivity index (χ3v) is 2.56. The Hall–Kier alpha value is -1.31. The van der Waals surface area contributed by atoms with Crippen LogP contribution in [0.1, 0.15) is 10.7 Å². The molecule has 1 heterocycles. The minimum atomic E-state index is -4.38. The lowest BCUT2D eigenvalue weighted by Crippen LogP contribution is -2.34. The van der Waals surface area contributed by atoms with Gasteiger partial charge in [0.2, 0.25) is 0 Å². The first kappa shape index (κ1) is 12.8. The van der Waals surface area contributed by atoms with Crippen LogP contribution < -0.4 is 10.6 Å². The molecule has 1 aromatic heterocycles. The number of halogens is 3. The zero-order valence-corrected chi connectivity index (χ0v) is 9.54. The highest BCUT2D eigenvalue weighted by atomic mass is 32.1. The van der Waals surface area contributed by atoms with E-state index in [1.807, 2.05) is 0 Å². The molecule has 0 saturated heterocycles. The first-order valence-electron chi connectivity index (χ1n) is 4.37. The summed E-state index contributed by atoms with van der Waals surface area (Å²) >= 11 is 0.963. The quantitative estimate of drug-likeness (QED) is 0.619. The molecule has 0 aliphatic rings. The molecule has 0 atom stereocenters. The number of alkyl halides is 3. The Kier molecular flexibility index (Phi) is 4.11. The molecule has 0 amide bonds. The second-order valence-corrected chi connectivity index (χ2v) is 3.74.